The van der Waals surface area contributed by atoms with Crippen LogP contribution in [0.2, 0.25) is 0 Å². The lowest BCUT2D eigenvalue weighted by Gasteiger charge is -2.49. The number of carbonyl (C=O) groups excluding carboxylic acids is 8. The largest absolute Gasteiger partial charge is 0.365 e. The number of benzene rings is 7. The fraction of sp³-hybridized carbons (Fsp3) is 0.360. The van der Waals surface area contributed by atoms with Gasteiger partial charge in [0.05, 0.1) is 61.8 Å². The molecule has 22 nitrogen and oxygen atoms in total. The minimum Gasteiger partial charge on any atom is -0.313 e. The van der Waals surface area contributed by atoms with Crippen molar-refractivity contribution in [2.45, 2.75) is 164 Å². The molecule has 22 heteroatoms. The predicted octanol–water partition coefficient (Wildman–Crippen LogP) is 19.5. The molecule has 0 spiro atoms. The van der Waals surface area contributed by atoms with Crippen LogP contribution in [0.1, 0.15) is 236 Å². The van der Waals surface area contributed by atoms with Crippen LogP contribution in [0, 0.1) is 40.4 Å². The molecule has 7 aromatic carbocycles. The molecular weight excluding hydrogens is 1410 g/mol. The van der Waals surface area contributed by atoms with Crippen LogP contribution in [0.25, 0.3) is 0 Å². The molecule has 7 aromatic rings. The monoisotopic (exact) mass is 1510 g/mol. The topological polar surface area (TPSA) is 288 Å². The van der Waals surface area contributed by atoms with Crippen molar-refractivity contribution in [2.75, 3.05) is 0 Å². The third-order valence-corrected chi connectivity index (χ3v) is 20.5. The Morgan fingerprint density at radius 2 is 0.703 bits per heavy atom. The summed E-state index contributed by atoms with van der Waals surface area (Å²) in [5.74, 6) is 0.544. The molecule has 2 atom stereocenters. The molecule has 8 aliphatic carbocycles. The van der Waals surface area contributed by atoms with Crippen molar-refractivity contribution in [1.82, 2.24) is 0 Å². The lowest BCUT2D eigenvalue weighted by Crippen LogP contribution is -2.45. The van der Waals surface area contributed by atoms with Gasteiger partial charge in [0.15, 0.2) is 5.78 Å². The molecule has 8 fully saturated rings. The number of carbonyl (C=O) groups is 8. The Kier molecular flexibility index (Phi) is 34.6. The van der Waals surface area contributed by atoms with Crippen LogP contribution in [0.3, 0.4) is 0 Å². The van der Waals surface area contributed by atoms with Gasteiger partial charge in [-0.2, -0.15) is 0 Å². The molecular formula is C89H99N7O15. The molecule has 6 bridgehead atoms. The first-order valence-electron chi connectivity index (χ1n) is 38.1. The van der Waals surface area contributed by atoms with Crippen molar-refractivity contribution in [3.63, 3.8) is 0 Å². The van der Waals surface area contributed by atoms with E-state index in [1.54, 1.807) is 160 Å². The molecule has 8 saturated carbocycles. The van der Waals surface area contributed by atoms with Crippen molar-refractivity contribution in [1.29, 1.82) is 0 Å². The molecule has 0 N–H and O–H groups in total. The Morgan fingerprint density at radius 3 is 1.02 bits per heavy atom. The minimum absolute atomic E-state index is 0.0780. The molecule has 0 aromatic heterocycles. The highest BCUT2D eigenvalue weighted by Crippen LogP contribution is 2.64. The molecule has 0 heterocycles. The van der Waals surface area contributed by atoms with E-state index in [0.29, 0.717) is 63.1 Å². The average molecular weight is 1510 g/mol. The first-order valence-corrected chi connectivity index (χ1v) is 38.1. The molecule has 0 radical (unpaired) electrons. The zero-order chi connectivity index (χ0) is 79.1. The van der Waals surface area contributed by atoms with E-state index in [1.807, 2.05) is 79.7 Å². The normalized spacial score (nSPS) is 20.0. The Balaban J connectivity index is 0.000000164. The molecule has 580 valence electrons. The molecule has 111 heavy (non-hydrogen) atoms. The lowest BCUT2D eigenvalue weighted by atomic mass is 9.55. The molecule has 0 saturated heterocycles. The van der Waals surface area contributed by atoms with E-state index in [-0.39, 0.29) is 40.5 Å². The van der Waals surface area contributed by atoms with Crippen molar-refractivity contribution < 1.29 is 72.2 Å². The van der Waals surface area contributed by atoms with Gasteiger partial charge in [-0.05, 0) is 224 Å². The Morgan fingerprint density at radius 1 is 0.387 bits per heavy atom. The zero-order valence-electron chi connectivity index (χ0n) is 64.0. The fourth-order valence-electron chi connectivity index (χ4n) is 14.1. The Bertz CT molecular complexity index is 4320. The number of Topliss-reactive ketones (excluding diaryl/α,β-unsaturated/α-hetero) is 1. The maximum atomic E-state index is 12.0. The standard InChI is InChI=1S/C17H19NO2.C17H21NO2.C13H15NO2.C12H13NO2.C11H11NO3.C10H11NO2.C9H9NO2/c19-17(13-4-2-1-3-5-13)20-18-16-14-7-11-6-12(9-14)10-15(16)8-11;1-16(2)13-9-10-17(16,3)14(11-13)18-20-15(19)12-7-5-4-6-8-12;15-13(11-7-3-1-4-8-11)16-14-12-9-5-2-6-10-12;14-12(10-6-2-1-3-7-10)15-13-11-8-4-5-9-11;1-2-10(13)8-12-15-11(14)9-6-4-3-5-7-9;1-2-8-11-13-10(12)9-6-4-3-5-7-9;1-2-10-12-9(11)8-6-4-3-5-7-8/h1-5,11-12,14-15H,6-10H2;4-8,13H,9-11H2,1-3H3;1,3-4,7-8H,2,5-6,9-10H2;1-3,6-7H,4-5,8-9H2;3-8H,2H2,1H3;3-8H,2H2,1H3;2-7H,1H3/b;18-14-;;;12-8+;11-8+;10-2+. The van der Waals surface area contributed by atoms with E-state index in [0.717, 1.165) is 106 Å². The number of fused-ring (bicyclic) bond motifs is 2. The summed E-state index contributed by atoms with van der Waals surface area (Å²) in [6.45, 7) is 12.2. The van der Waals surface area contributed by atoms with E-state index in [2.05, 4.69) is 71.4 Å². The van der Waals surface area contributed by atoms with Crippen LogP contribution in [0.15, 0.2) is 248 Å². The first-order chi connectivity index (χ1) is 53.9. The van der Waals surface area contributed by atoms with E-state index in [4.69, 9.17) is 19.4 Å². The average Bonchev–Trinajstić information content (AvgIpc) is 1.57. The van der Waals surface area contributed by atoms with Crippen LogP contribution in [-0.2, 0) is 38.7 Å². The number of hydrogen-bond donors (Lipinski definition) is 0. The Labute approximate surface area is 649 Å². The van der Waals surface area contributed by atoms with Crippen LogP contribution in [0.5, 0.6) is 0 Å². The van der Waals surface area contributed by atoms with Gasteiger partial charge in [0.25, 0.3) is 0 Å². The van der Waals surface area contributed by atoms with E-state index in [1.165, 1.54) is 56.9 Å². The first kappa shape index (κ1) is 84.8. The highest BCUT2D eigenvalue weighted by Gasteiger charge is 2.60. The summed E-state index contributed by atoms with van der Waals surface area (Å²) in [5.41, 5.74) is 8.18. The van der Waals surface area contributed by atoms with Gasteiger partial charge in [-0.3, -0.25) is 4.79 Å². The van der Waals surface area contributed by atoms with Gasteiger partial charge >= 0.3 is 41.8 Å². The number of oxime groups is 7. The van der Waals surface area contributed by atoms with Crippen molar-refractivity contribution in [2.24, 2.45) is 76.5 Å². The number of nitrogens with zero attached hydrogens (tertiary/aromatic N) is 7. The molecule has 15 rings (SSSR count). The van der Waals surface area contributed by atoms with Gasteiger partial charge in [0.1, 0.15) is 6.21 Å². The summed E-state index contributed by atoms with van der Waals surface area (Å²) < 4.78 is 0. The summed E-state index contributed by atoms with van der Waals surface area (Å²) in [6.07, 6.45) is 24.6. The van der Waals surface area contributed by atoms with Crippen LogP contribution in [0.4, 0.5) is 0 Å². The summed E-state index contributed by atoms with van der Waals surface area (Å²) in [7, 11) is 0. The van der Waals surface area contributed by atoms with Crippen LogP contribution in [-0.4, -0.2) is 89.1 Å². The highest BCUT2D eigenvalue weighted by atomic mass is 16.7. The van der Waals surface area contributed by atoms with Crippen LogP contribution >= 0.6 is 0 Å². The van der Waals surface area contributed by atoms with E-state index in [9.17, 15) is 38.4 Å². The molecule has 0 amide bonds. The smallest absolute Gasteiger partial charge is 0.313 e. The van der Waals surface area contributed by atoms with Crippen molar-refractivity contribution >= 4 is 89.1 Å². The second kappa shape index (κ2) is 45.2. The SMILES string of the molecule is C/C=N/OC(=O)c1ccccc1.CC/C=N/OC(=O)c1ccccc1.CC12CCC(C/C1=N/OC(=O)c1ccccc1)C2(C)C.CCC(=O)/C=N/OC(=O)c1ccccc1.O=C(ON=C1C2CC3CC(C2)CC1C3)c1ccccc1.O=C(ON=C1CCCC1)c1ccccc1.O=C(ON=C1CCCCC1)c1ccccc1. The number of rotatable bonds is 17. The van der Waals surface area contributed by atoms with Gasteiger partial charge in [-0.25, -0.2) is 33.6 Å². The number of ketones is 1. The summed E-state index contributed by atoms with van der Waals surface area (Å²) >= 11 is 0. The fourth-order valence-corrected chi connectivity index (χ4v) is 14.1. The van der Waals surface area contributed by atoms with Crippen molar-refractivity contribution in [3.8, 4) is 0 Å². The predicted molar refractivity (Wildman–Crippen MR) is 427 cm³/mol. The lowest BCUT2D eigenvalue weighted by molar-refractivity contribution is -0.112. The maximum Gasteiger partial charge on any atom is 0.365 e. The Hall–Kier alpha value is -11.8. The van der Waals surface area contributed by atoms with E-state index < -0.39 is 17.9 Å². The number of hydrogen-bond acceptors (Lipinski definition) is 22. The third-order valence-electron chi connectivity index (χ3n) is 20.5. The summed E-state index contributed by atoms with van der Waals surface area (Å²) in [6, 6.07) is 61.9. The second-order valence-electron chi connectivity index (χ2n) is 28.3. The third kappa shape index (κ3) is 27.1. The molecule has 2 unspecified atom stereocenters. The molecule has 0 aliphatic heterocycles. The van der Waals surface area contributed by atoms with Gasteiger partial charge in [-0.1, -0.05) is 205 Å². The molecule has 8 aliphatic rings. The van der Waals surface area contributed by atoms with Gasteiger partial charge in [-0.15, -0.1) is 0 Å². The van der Waals surface area contributed by atoms with Gasteiger partial charge in [0, 0.05) is 36.1 Å². The zero-order valence-corrected chi connectivity index (χ0v) is 64.0. The van der Waals surface area contributed by atoms with E-state index >= 15 is 0 Å². The van der Waals surface area contributed by atoms with Gasteiger partial charge < -0.3 is 33.9 Å². The highest BCUT2D eigenvalue weighted by molar-refractivity contribution is 6.27. The second-order valence-corrected chi connectivity index (χ2v) is 28.3. The van der Waals surface area contributed by atoms with Gasteiger partial charge in [0.2, 0.25) is 0 Å². The summed E-state index contributed by atoms with van der Waals surface area (Å²) in [4.78, 5) is 125. The maximum absolute atomic E-state index is 12.0. The van der Waals surface area contributed by atoms with Crippen molar-refractivity contribution in [3.05, 3.63) is 251 Å². The quantitative estimate of drug-likeness (QED) is 0.0465. The van der Waals surface area contributed by atoms with Crippen LogP contribution < -0.4 is 0 Å². The minimum atomic E-state index is -0.573. The summed E-state index contributed by atoms with van der Waals surface area (Å²) in [5, 5.41) is 26.4.